The second-order valence-electron chi connectivity index (χ2n) is 21.0. The normalized spacial score (nSPS) is 14.5. The lowest BCUT2D eigenvalue weighted by Gasteiger charge is -2.29. The molecule has 0 spiro atoms. The minimum Gasteiger partial charge on any atom is -0.756 e. The molecule has 0 aliphatic carbocycles. The van der Waals surface area contributed by atoms with Crippen LogP contribution in [0.2, 0.25) is 0 Å². The van der Waals surface area contributed by atoms with Gasteiger partial charge in [-0.2, -0.15) is 0 Å². The molecule has 8 nitrogen and oxygen atoms in total. The van der Waals surface area contributed by atoms with Crippen molar-refractivity contribution >= 4 is 13.7 Å². The van der Waals surface area contributed by atoms with Crippen LogP contribution in [-0.4, -0.2) is 68.5 Å². The predicted octanol–water partition coefficient (Wildman–Crippen LogP) is 17.4. The maximum atomic E-state index is 12.9. The van der Waals surface area contributed by atoms with Crippen molar-refractivity contribution in [1.82, 2.24) is 5.32 Å². The van der Waals surface area contributed by atoms with Crippen LogP contribution in [0.25, 0.3) is 0 Å². The average Bonchev–Trinajstić information content (AvgIpc) is 3.33. The number of amides is 1. The molecule has 71 heavy (non-hydrogen) atoms. The average molecular weight is 1010 g/mol. The van der Waals surface area contributed by atoms with E-state index < -0.39 is 26.6 Å². The largest absolute Gasteiger partial charge is 0.756 e. The highest BCUT2D eigenvalue weighted by atomic mass is 31.2. The third-order valence-electron chi connectivity index (χ3n) is 12.8. The van der Waals surface area contributed by atoms with Gasteiger partial charge in [0.15, 0.2) is 0 Å². The van der Waals surface area contributed by atoms with E-state index in [1.165, 1.54) is 161 Å². The molecule has 2 N–H and O–H groups in total. The monoisotopic (exact) mass is 1010 g/mol. The van der Waals surface area contributed by atoms with Gasteiger partial charge in [-0.15, -0.1) is 0 Å². The minimum absolute atomic E-state index is 0.00748. The van der Waals surface area contributed by atoms with Gasteiger partial charge in [0, 0.05) is 6.42 Å². The van der Waals surface area contributed by atoms with Gasteiger partial charge in [-0.05, 0) is 70.6 Å². The second kappa shape index (κ2) is 52.5. The summed E-state index contributed by atoms with van der Waals surface area (Å²) >= 11 is 0. The molecule has 0 aromatic heterocycles. The molecule has 0 bridgehead atoms. The number of nitrogens with zero attached hydrogens (tertiary/aromatic N) is 1. The molecule has 1 amide bonds. The molecular formula is C62H113N2O6P. The highest BCUT2D eigenvalue weighted by Gasteiger charge is 2.23. The van der Waals surface area contributed by atoms with Gasteiger partial charge < -0.3 is 28.8 Å². The molecular weight excluding hydrogens is 900 g/mol. The maximum absolute atomic E-state index is 12.9. The second-order valence-corrected chi connectivity index (χ2v) is 22.4. The van der Waals surface area contributed by atoms with E-state index in [9.17, 15) is 19.4 Å². The third kappa shape index (κ3) is 55.3. The number of phosphoric ester groups is 1. The number of likely N-dealkylation sites (N-methyl/N-ethyl adjacent to an activating group) is 1. The highest BCUT2D eigenvalue weighted by molar-refractivity contribution is 7.45. The number of aliphatic hydroxyl groups is 1. The number of rotatable bonds is 53. The summed E-state index contributed by atoms with van der Waals surface area (Å²) in [5.74, 6) is -0.209. The first-order valence-electron chi connectivity index (χ1n) is 29.4. The van der Waals surface area contributed by atoms with E-state index >= 15 is 0 Å². The lowest BCUT2D eigenvalue weighted by Crippen LogP contribution is -2.45. The number of allylic oxidation sites excluding steroid dienone is 13. The summed E-state index contributed by atoms with van der Waals surface area (Å²) in [5, 5.41) is 13.7. The van der Waals surface area contributed by atoms with Gasteiger partial charge in [0.1, 0.15) is 13.2 Å². The molecule has 3 unspecified atom stereocenters. The number of unbranched alkanes of at least 4 members (excludes halogenated alkanes) is 28. The van der Waals surface area contributed by atoms with Gasteiger partial charge in [-0.3, -0.25) is 9.36 Å². The van der Waals surface area contributed by atoms with E-state index in [-0.39, 0.29) is 12.5 Å². The van der Waals surface area contributed by atoms with Crippen LogP contribution in [0.5, 0.6) is 0 Å². The molecule has 0 saturated heterocycles. The summed E-state index contributed by atoms with van der Waals surface area (Å²) in [6, 6.07) is -0.901. The molecule has 412 valence electrons. The number of hydrogen-bond acceptors (Lipinski definition) is 6. The van der Waals surface area contributed by atoms with Crippen LogP contribution in [0.4, 0.5) is 0 Å². The van der Waals surface area contributed by atoms with Crippen molar-refractivity contribution in [2.24, 2.45) is 0 Å². The SMILES string of the molecule is CC/C=C\C/C=C\C/C=C\C/C=C\C/C=C\CCCCCCCCCCCCCCCCCCCCCCCCCCCC(=O)NC(COP(=O)([O-])OCC[N+](C)(C)C)C(O)/C=C/CC/C=C/CCCC. The fraction of sp³-hybridized carbons (Fsp3) is 0.758. The molecule has 0 aromatic rings. The summed E-state index contributed by atoms with van der Waals surface area (Å²) in [4.78, 5) is 25.3. The van der Waals surface area contributed by atoms with Crippen LogP contribution in [0.15, 0.2) is 85.1 Å². The topological polar surface area (TPSA) is 108 Å². The first-order chi connectivity index (χ1) is 34.5. The molecule has 0 saturated carbocycles. The van der Waals surface area contributed by atoms with Crippen LogP contribution in [0.3, 0.4) is 0 Å². The molecule has 0 aromatic carbocycles. The molecule has 0 radical (unpaired) electrons. The maximum Gasteiger partial charge on any atom is 0.268 e. The minimum atomic E-state index is -4.59. The summed E-state index contributed by atoms with van der Waals surface area (Å²) in [6.45, 7) is 4.43. The number of phosphoric acid groups is 1. The lowest BCUT2D eigenvalue weighted by atomic mass is 10.0. The Kier molecular flexibility index (Phi) is 50.8. The number of nitrogens with one attached hydrogen (secondary N) is 1. The quantitative estimate of drug-likeness (QED) is 0.0272. The standard InChI is InChI=1S/C62H113N2O6P/c1-6-8-10-12-14-16-17-18-19-20-21-22-23-24-25-26-27-28-29-30-31-32-33-34-35-36-37-38-39-40-41-42-43-44-45-46-47-48-50-52-54-56-62(66)63-60(59-70-71(67,68)69-58-57-64(3,4)5)61(65)55-53-51-49-15-13-11-9-7-2/h8,10,13-16,18-19,21-22,24-25,53,55,60-61,65H,6-7,9,11-12,17,20,23,26-52,54,56-59H2,1-5H3,(H-,63,66,67,68)/b10-8-,15-13+,16-14-,19-18-,22-21-,25-24-,55-53+. The summed E-state index contributed by atoms with van der Waals surface area (Å²) < 4.78 is 23.2. The van der Waals surface area contributed by atoms with Crippen LogP contribution >= 0.6 is 7.82 Å². The molecule has 9 heteroatoms. The Hall–Kier alpha value is -2.32. The van der Waals surface area contributed by atoms with Crippen molar-refractivity contribution < 1.29 is 32.9 Å². The van der Waals surface area contributed by atoms with Gasteiger partial charge in [-0.1, -0.05) is 259 Å². The van der Waals surface area contributed by atoms with Crippen molar-refractivity contribution in [3.8, 4) is 0 Å². The molecule has 0 aliphatic rings. The molecule has 0 rings (SSSR count). The number of aliphatic hydroxyl groups excluding tert-OH is 1. The van der Waals surface area contributed by atoms with Crippen molar-refractivity contribution in [3.63, 3.8) is 0 Å². The van der Waals surface area contributed by atoms with Crippen molar-refractivity contribution in [1.29, 1.82) is 0 Å². The fourth-order valence-corrected chi connectivity index (χ4v) is 8.96. The Morgan fingerprint density at radius 1 is 0.507 bits per heavy atom. The molecule has 0 aliphatic heterocycles. The van der Waals surface area contributed by atoms with Crippen LogP contribution in [0.1, 0.15) is 251 Å². The van der Waals surface area contributed by atoms with Crippen LogP contribution < -0.4 is 10.2 Å². The summed E-state index contributed by atoms with van der Waals surface area (Å²) in [5.41, 5.74) is 0. The molecule has 3 atom stereocenters. The zero-order chi connectivity index (χ0) is 52.0. The van der Waals surface area contributed by atoms with Gasteiger partial charge in [-0.25, -0.2) is 0 Å². The zero-order valence-electron chi connectivity index (χ0n) is 46.9. The smallest absolute Gasteiger partial charge is 0.268 e. The van der Waals surface area contributed by atoms with E-state index in [2.05, 4.69) is 92.1 Å². The number of carbonyl (C=O) groups excluding carboxylic acids is 1. The molecule has 0 heterocycles. The highest BCUT2D eigenvalue weighted by Crippen LogP contribution is 2.38. The first-order valence-corrected chi connectivity index (χ1v) is 30.9. The van der Waals surface area contributed by atoms with Crippen molar-refractivity contribution in [2.75, 3.05) is 40.9 Å². The number of carbonyl (C=O) groups is 1. The summed E-state index contributed by atoms with van der Waals surface area (Å²) in [7, 11) is 1.24. The molecule has 0 fully saturated rings. The van der Waals surface area contributed by atoms with Crippen molar-refractivity contribution in [2.45, 2.75) is 264 Å². The number of hydrogen-bond donors (Lipinski definition) is 2. The zero-order valence-corrected chi connectivity index (χ0v) is 47.8. The van der Waals surface area contributed by atoms with Gasteiger partial charge >= 0.3 is 0 Å². The van der Waals surface area contributed by atoms with Gasteiger partial charge in [0.05, 0.1) is 39.9 Å². The first kappa shape index (κ1) is 68.7. The lowest BCUT2D eigenvalue weighted by molar-refractivity contribution is -0.870. The van der Waals surface area contributed by atoms with Crippen LogP contribution in [-0.2, 0) is 18.4 Å². The Bertz CT molecular complexity index is 1430. The van der Waals surface area contributed by atoms with E-state index in [0.29, 0.717) is 17.4 Å². The predicted molar refractivity (Wildman–Crippen MR) is 307 cm³/mol. The van der Waals surface area contributed by atoms with Crippen LogP contribution in [0, 0.1) is 0 Å². The van der Waals surface area contributed by atoms with E-state index in [1.807, 2.05) is 27.2 Å². The van der Waals surface area contributed by atoms with Gasteiger partial charge in [0.2, 0.25) is 5.91 Å². The Labute approximate surface area is 439 Å². The number of quaternary nitrogens is 1. The van der Waals surface area contributed by atoms with Crippen molar-refractivity contribution in [3.05, 3.63) is 85.1 Å². The van der Waals surface area contributed by atoms with E-state index in [4.69, 9.17) is 9.05 Å². The Morgan fingerprint density at radius 2 is 0.873 bits per heavy atom. The Morgan fingerprint density at radius 3 is 1.31 bits per heavy atom. The fourth-order valence-electron chi connectivity index (χ4n) is 8.24. The summed E-state index contributed by atoms with van der Waals surface area (Å²) in [6.07, 6.45) is 74.4. The van der Waals surface area contributed by atoms with Gasteiger partial charge in [0.25, 0.3) is 7.82 Å². The van der Waals surface area contributed by atoms with E-state index in [0.717, 1.165) is 70.6 Å². The Balaban J connectivity index is 3.78. The third-order valence-corrected chi connectivity index (χ3v) is 13.8. The van der Waals surface area contributed by atoms with E-state index in [1.54, 1.807) is 6.08 Å².